The largest absolute Gasteiger partial charge is 0.506 e. The van der Waals surface area contributed by atoms with Gasteiger partial charge in [-0.3, -0.25) is 4.99 Å². The van der Waals surface area contributed by atoms with E-state index in [1.54, 1.807) is 0 Å². The highest BCUT2D eigenvalue weighted by atomic mass is 79.9. The highest BCUT2D eigenvalue weighted by molar-refractivity contribution is 9.10. The van der Waals surface area contributed by atoms with Crippen LogP contribution in [0.2, 0.25) is 0 Å². The molecule has 0 aromatic heterocycles. The van der Waals surface area contributed by atoms with Crippen LogP contribution in [0.4, 0.5) is 23.2 Å². The van der Waals surface area contributed by atoms with Crippen molar-refractivity contribution in [2.75, 3.05) is 6.61 Å². The van der Waals surface area contributed by atoms with Gasteiger partial charge in [-0.05, 0) is 47.1 Å². The number of ether oxygens (including phenoxy) is 1. The van der Waals surface area contributed by atoms with Gasteiger partial charge >= 0.3 is 5.97 Å². The third kappa shape index (κ3) is 5.01. The van der Waals surface area contributed by atoms with E-state index in [1.807, 2.05) is 0 Å². The van der Waals surface area contributed by atoms with Crippen LogP contribution in [-0.2, 0) is 16.1 Å². The number of benzene rings is 2. The van der Waals surface area contributed by atoms with Crippen molar-refractivity contribution >= 4 is 39.6 Å². The topological polar surface area (TPSA) is 79.1 Å². The van der Waals surface area contributed by atoms with Crippen LogP contribution in [0.1, 0.15) is 18.1 Å². The van der Waals surface area contributed by atoms with Crippen LogP contribution in [0.3, 0.4) is 0 Å². The van der Waals surface area contributed by atoms with Crippen molar-refractivity contribution in [3.8, 4) is 0 Å². The van der Waals surface area contributed by atoms with Crippen molar-refractivity contribution in [2.24, 2.45) is 4.99 Å². The summed E-state index contributed by atoms with van der Waals surface area (Å²) < 4.78 is 58.6. The fourth-order valence-electron chi connectivity index (χ4n) is 2.25. The zero-order valence-corrected chi connectivity index (χ0v) is 16.4. The smallest absolute Gasteiger partial charge is 0.343 e. The van der Waals surface area contributed by atoms with Gasteiger partial charge in [0.15, 0.2) is 17.5 Å². The Balaban J connectivity index is 2.64. The van der Waals surface area contributed by atoms with Crippen molar-refractivity contribution in [3.63, 3.8) is 0 Å². The third-order valence-electron chi connectivity index (χ3n) is 3.65. The first kappa shape index (κ1) is 22.6. The van der Waals surface area contributed by atoms with E-state index >= 15 is 0 Å². The van der Waals surface area contributed by atoms with Crippen molar-refractivity contribution < 1.29 is 37.3 Å². The molecular formula is C19H14BrF4NO4. The van der Waals surface area contributed by atoms with Crippen LogP contribution in [-0.4, -0.2) is 29.0 Å². The highest BCUT2D eigenvalue weighted by Crippen LogP contribution is 2.30. The average Bonchev–Trinajstić information content (AvgIpc) is 2.70. The zero-order valence-electron chi connectivity index (χ0n) is 14.8. The Morgan fingerprint density at radius 3 is 2.52 bits per heavy atom. The zero-order chi connectivity index (χ0) is 21.7. The molecule has 154 valence electrons. The third-order valence-corrected chi connectivity index (χ3v) is 4.35. The predicted molar refractivity (Wildman–Crippen MR) is 101 cm³/mol. The van der Waals surface area contributed by atoms with Gasteiger partial charge in [0.25, 0.3) is 0 Å². The number of halogens is 5. The van der Waals surface area contributed by atoms with E-state index in [1.165, 1.54) is 13.0 Å². The summed E-state index contributed by atoms with van der Waals surface area (Å²) in [5, 5.41) is 19.7. The number of aliphatic hydroxyl groups excluding tert-OH is 2. The molecule has 0 saturated heterocycles. The predicted octanol–water partition coefficient (Wildman–Crippen LogP) is 4.73. The first-order valence-electron chi connectivity index (χ1n) is 8.08. The minimum Gasteiger partial charge on any atom is -0.506 e. The maximum atomic E-state index is 14.3. The molecule has 2 rings (SSSR count). The second kappa shape index (κ2) is 9.66. The summed E-state index contributed by atoms with van der Waals surface area (Å²) in [6.07, 6.45) is 0.786. The van der Waals surface area contributed by atoms with Crippen LogP contribution in [0.25, 0.3) is 5.76 Å². The van der Waals surface area contributed by atoms with Crippen molar-refractivity contribution in [2.45, 2.75) is 13.5 Å². The van der Waals surface area contributed by atoms with E-state index < -0.39 is 57.2 Å². The monoisotopic (exact) mass is 475 g/mol. The Hall–Kier alpha value is -2.72. The lowest BCUT2D eigenvalue weighted by Gasteiger charge is -2.10. The van der Waals surface area contributed by atoms with Gasteiger partial charge in [0, 0.05) is 11.8 Å². The van der Waals surface area contributed by atoms with Crippen molar-refractivity contribution in [1.82, 2.24) is 0 Å². The van der Waals surface area contributed by atoms with Crippen LogP contribution in [0.5, 0.6) is 0 Å². The SMILES string of the molecule is CCOC(=O)C(C=Nc1ccc(F)cc1CO)=C(O)c1cc(F)c(F)c(Br)c1F. The molecule has 29 heavy (non-hydrogen) atoms. The molecule has 10 heteroatoms. The highest BCUT2D eigenvalue weighted by Gasteiger charge is 2.24. The summed E-state index contributed by atoms with van der Waals surface area (Å²) in [6, 6.07) is 3.62. The van der Waals surface area contributed by atoms with Gasteiger partial charge in [0.2, 0.25) is 0 Å². The lowest BCUT2D eigenvalue weighted by molar-refractivity contribution is -0.137. The fourth-order valence-corrected chi connectivity index (χ4v) is 2.65. The number of aliphatic imine (C=N–C) groups is 1. The van der Waals surface area contributed by atoms with Gasteiger partial charge in [0.1, 0.15) is 17.1 Å². The van der Waals surface area contributed by atoms with Crippen LogP contribution >= 0.6 is 15.9 Å². The summed E-state index contributed by atoms with van der Waals surface area (Å²) in [6.45, 7) is 0.799. The first-order valence-corrected chi connectivity index (χ1v) is 8.87. The summed E-state index contributed by atoms with van der Waals surface area (Å²) in [7, 11) is 0. The molecular weight excluding hydrogens is 462 g/mol. The molecule has 0 aliphatic rings. The number of esters is 1. The van der Waals surface area contributed by atoms with Gasteiger partial charge in [0.05, 0.1) is 28.9 Å². The maximum Gasteiger partial charge on any atom is 0.343 e. The molecule has 0 aliphatic carbocycles. The summed E-state index contributed by atoms with van der Waals surface area (Å²) >= 11 is 2.53. The molecule has 2 aromatic carbocycles. The Morgan fingerprint density at radius 2 is 1.90 bits per heavy atom. The molecule has 0 amide bonds. The number of nitrogens with zero attached hydrogens (tertiary/aromatic N) is 1. The standard InChI is InChI=1S/C19H14BrF4NO4/c1-2-29-19(28)12(7-25-14-4-3-10(21)5-9(14)8-26)18(27)11-6-13(22)17(24)15(20)16(11)23/h3-7,26-27H,2,8H2,1H3. The Labute approximate surface area is 171 Å². The molecule has 0 unspecified atom stereocenters. The second-order valence-corrected chi connectivity index (χ2v) is 6.31. The number of hydrogen-bond acceptors (Lipinski definition) is 5. The summed E-state index contributed by atoms with van der Waals surface area (Å²) in [4.78, 5) is 16.1. The van der Waals surface area contributed by atoms with E-state index in [2.05, 4.69) is 20.9 Å². The van der Waals surface area contributed by atoms with Gasteiger partial charge in [-0.25, -0.2) is 22.4 Å². The van der Waals surface area contributed by atoms with Gasteiger partial charge in [-0.2, -0.15) is 0 Å². The van der Waals surface area contributed by atoms with Gasteiger partial charge in [-0.15, -0.1) is 0 Å². The molecule has 5 nitrogen and oxygen atoms in total. The molecule has 2 N–H and O–H groups in total. The van der Waals surface area contributed by atoms with E-state index in [-0.39, 0.29) is 17.9 Å². The molecule has 0 atom stereocenters. The van der Waals surface area contributed by atoms with E-state index in [0.29, 0.717) is 6.07 Å². The normalized spacial score (nSPS) is 12.2. The summed E-state index contributed by atoms with van der Waals surface area (Å²) in [5.74, 6) is -7.15. The molecule has 0 fully saturated rings. The van der Waals surface area contributed by atoms with Crippen LogP contribution in [0.15, 0.2) is 39.3 Å². The number of aliphatic hydroxyl groups is 2. The Bertz CT molecular complexity index is 1010. The van der Waals surface area contributed by atoms with Crippen molar-refractivity contribution in [1.29, 1.82) is 0 Å². The quantitative estimate of drug-likeness (QED) is 0.120. The molecule has 0 bridgehead atoms. The Morgan fingerprint density at radius 1 is 1.21 bits per heavy atom. The number of carbonyl (C=O) groups excluding carboxylic acids is 1. The van der Waals surface area contributed by atoms with E-state index in [4.69, 9.17) is 4.74 Å². The van der Waals surface area contributed by atoms with Crippen LogP contribution in [0, 0.1) is 23.3 Å². The lowest BCUT2D eigenvalue weighted by Crippen LogP contribution is -2.12. The average molecular weight is 476 g/mol. The number of carbonyl (C=O) groups is 1. The Kier molecular flexibility index (Phi) is 7.52. The van der Waals surface area contributed by atoms with Crippen molar-refractivity contribution in [3.05, 3.63) is 68.7 Å². The molecule has 0 radical (unpaired) electrons. The number of rotatable bonds is 6. The molecule has 2 aromatic rings. The minimum absolute atomic E-state index is 0.0513. The number of hydrogen-bond donors (Lipinski definition) is 2. The molecule has 0 heterocycles. The van der Waals surface area contributed by atoms with Gasteiger partial charge in [-0.1, -0.05) is 0 Å². The molecule has 0 spiro atoms. The first-order chi connectivity index (χ1) is 13.7. The van der Waals surface area contributed by atoms with Crippen LogP contribution < -0.4 is 0 Å². The van der Waals surface area contributed by atoms with E-state index in [0.717, 1.165) is 18.3 Å². The lowest BCUT2D eigenvalue weighted by atomic mass is 10.1. The van der Waals surface area contributed by atoms with Gasteiger partial charge < -0.3 is 14.9 Å². The second-order valence-electron chi connectivity index (χ2n) is 5.52. The summed E-state index contributed by atoms with van der Waals surface area (Å²) in [5.41, 5.74) is -1.36. The molecule has 0 saturated carbocycles. The van der Waals surface area contributed by atoms with E-state index in [9.17, 15) is 32.6 Å². The minimum atomic E-state index is -1.51. The fraction of sp³-hybridized carbons (Fsp3) is 0.158. The maximum absolute atomic E-state index is 14.3. The molecule has 0 aliphatic heterocycles.